The van der Waals surface area contributed by atoms with Gasteiger partial charge in [-0.25, -0.2) is 0 Å². The molecule has 4 heteroatoms. The molecule has 0 aromatic heterocycles. The van der Waals surface area contributed by atoms with Crippen LogP contribution in [0.5, 0.6) is 5.75 Å². The summed E-state index contributed by atoms with van der Waals surface area (Å²) in [5, 5.41) is 1.85. The molecule has 0 atom stereocenters. The summed E-state index contributed by atoms with van der Waals surface area (Å²) >= 11 is 18.6. The quantitative estimate of drug-likeness (QED) is 0.686. The zero-order chi connectivity index (χ0) is 14.0. The highest BCUT2D eigenvalue weighted by Crippen LogP contribution is 2.38. The average molecular weight is 316 g/mol. The number of halogens is 3. The predicted octanol–water partition coefficient (Wildman–Crippen LogP) is 5.88. The average Bonchev–Trinajstić information content (AvgIpc) is 2.41. The van der Waals surface area contributed by atoms with Gasteiger partial charge in [0.15, 0.2) is 0 Å². The molecular formula is C15H13Cl3O. The van der Waals surface area contributed by atoms with E-state index in [-0.39, 0.29) is 0 Å². The van der Waals surface area contributed by atoms with Gasteiger partial charge in [-0.3, -0.25) is 0 Å². The third kappa shape index (κ3) is 3.00. The van der Waals surface area contributed by atoms with Crippen LogP contribution in [-0.4, -0.2) is 7.11 Å². The fourth-order valence-electron chi connectivity index (χ4n) is 1.98. The first kappa shape index (κ1) is 14.5. The van der Waals surface area contributed by atoms with Gasteiger partial charge < -0.3 is 4.74 Å². The van der Waals surface area contributed by atoms with Crippen LogP contribution in [0.1, 0.15) is 12.5 Å². The Labute approximate surface area is 128 Å². The molecule has 0 saturated heterocycles. The van der Waals surface area contributed by atoms with Crippen LogP contribution < -0.4 is 4.74 Å². The van der Waals surface area contributed by atoms with Crippen molar-refractivity contribution in [3.05, 3.63) is 51.0 Å². The summed E-state index contributed by atoms with van der Waals surface area (Å²) < 4.78 is 5.32. The van der Waals surface area contributed by atoms with E-state index in [1.807, 2.05) is 18.2 Å². The molecular weight excluding hydrogens is 303 g/mol. The Morgan fingerprint density at radius 1 is 0.947 bits per heavy atom. The predicted molar refractivity (Wildman–Crippen MR) is 82.8 cm³/mol. The number of benzene rings is 2. The van der Waals surface area contributed by atoms with Crippen LogP contribution in [0.3, 0.4) is 0 Å². The van der Waals surface area contributed by atoms with E-state index < -0.39 is 0 Å². The van der Waals surface area contributed by atoms with Gasteiger partial charge in [-0.05, 0) is 42.3 Å². The molecule has 2 aromatic rings. The summed E-state index contributed by atoms with van der Waals surface area (Å²) in [6.45, 7) is 2.06. The van der Waals surface area contributed by atoms with E-state index in [1.165, 1.54) is 0 Å². The second-order valence-electron chi connectivity index (χ2n) is 4.12. The molecule has 0 aliphatic rings. The smallest absolute Gasteiger partial charge is 0.123 e. The van der Waals surface area contributed by atoms with E-state index in [2.05, 4.69) is 6.92 Å². The van der Waals surface area contributed by atoms with E-state index in [9.17, 15) is 0 Å². The molecule has 0 unspecified atom stereocenters. The van der Waals surface area contributed by atoms with Gasteiger partial charge >= 0.3 is 0 Å². The van der Waals surface area contributed by atoms with E-state index in [1.54, 1.807) is 19.2 Å². The highest BCUT2D eigenvalue weighted by molar-refractivity contribution is 6.37. The SMILES string of the molecule is CCc1cc(-c2cc(Cl)ccc2Cl)c(Cl)cc1OC. The van der Waals surface area contributed by atoms with Crippen molar-refractivity contribution in [3.8, 4) is 16.9 Å². The molecule has 0 heterocycles. The standard InChI is InChI=1S/C15H13Cl3O/c1-3-9-6-11(14(18)8-15(9)19-2)12-7-10(16)4-5-13(12)17/h4-8H,3H2,1-2H3. The molecule has 19 heavy (non-hydrogen) atoms. The van der Waals surface area contributed by atoms with Gasteiger partial charge in [0.05, 0.1) is 12.1 Å². The van der Waals surface area contributed by atoms with Crippen molar-refractivity contribution in [1.82, 2.24) is 0 Å². The summed E-state index contributed by atoms with van der Waals surface area (Å²) in [4.78, 5) is 0. The topological polar surface area (TPSA) is 9.23 Å². The van der Waals surface area contributed by atoms with Crippen molar-refractivity contribution in [2.45, 2.75) is 13.3 Å². The Bertz CT molecular complexity index is 609. The van der Waals surface area contributed by atoms with Gasteiger partial charge in [-0.2, -0.15) is 0 Å². The van der Waals surface area contributed by atoms with Crippen molar-refractivity contribution in [2.75, 3.05) is 7.11 Å². The molecule has 0 aliphatic carbocycles. The maximum atomic E-state index is 6.31. The lowest BCUT2D eigenvalue weighted by atomic mass is 10.0. The third-order valence-electron chi connectivity index (χ3n) is 2.97. The van der Waals surface area contributed by atoms with Crippen molar-refractivity contribution in [2.24, 2.45) is 0 Å². The lowest BCUT2D eigenvalue weighted by Gasteiger charge is -2.13. The van der Waals surface area contributed by atoms with Crippen LogP contribution in [0.2, 0.25) is 15.1 Å². The number of methoxy groups -OCH3 is 1. The van der Waals surface area contributed by atoms with E-state index in [4.69, 9.17) is 39.5 Å². The van der Waals surface area contributed by atoms with E-state index in [0.717, 1.165) is 28.9 Å². The van der Waals surface area contributed by atoms with Gasteiger partial charge in [-0.1, -0.05) is 41.7 Å². The molecule has 0 fully saturated rings. The minimum atomic E-state index is 0.596. The van der Waals surface area contributed by atoms with E-state index >= 15 is 0 Å². The largest absolute Gasteiger partial charge is 0.496 e. The molecule has 0 spiro atoms. The first-order chi connectivity index (χ1) is 9.06. The molecule has 0 saturated carbocycles. The molecule has 1 nitrogen and oxygen atoms in total. The van der Waals surface area contributed by atoms with Crippen LogP contribution >= 0.6 is 34.8 Å². The van der Waals surface area contributed by atoms with Crippen LogP contribution in [0.15, 0.2) is 30.3 Å². The molecule has 100 valence electrons. The molecule has 2 rings (SSSR count). The van der Waals surface area contributed by atoms with E-state index in [0.29, 0.717) is 15.1 Å². The minimum Gasteiger partial charge on any atom is -0.496 e. The number of hydrogen-bond donors (Lipinski definition) is 0. The molecule has 0 amide bonds. The molecule has 0 N–H and O–H groups in total. The van der Waals surface area contributed by atoms with Crippen LogP contribution in [0.4, 0.5) is 0 Å². The Morgan fingerprint density at radius 2 is 1.63 bits per heavy atom. The third-order valence-corrected chi connectivity index (χ3v) is 3.85. The first-order valence-corrected chi connectivity index (χ1v) is 7.02. The lowest BCUT2D eigenvalue weighted by Crippen LogP contribution is -1.93. The van der Waals surface area contributed by atoms with Gasteiger partial charge in [0.25, 0.3) is 0 Å². The number of ether oxygens (including phenoxy) is 1. The zero-order valence-electron chi connectivity index (χ0n) is 10.6. The van der Waals surface area contributed by atoms with Crippen molar-refractivity contribution in [1.29, 1.82) is 0 Å². The molecule has 0 aliphatic heterocycles. The highest BCUT2D eigenvalue weighted by Gasteiger charge is 2.12. The van der Waals surface area contributed by atoms with Gasteiger partial charge in [-0.15, -0.1) is 0 Å². The Morgan fingerprint density at radius 3 is 2.26 bits per heavy atom. The maximum absolute atomic E-state index is 6.31. The van der Waals surface area contributed by atoms with Gasteiger partial charge in [0.2, 0.25) is 0 Å². The van der Waals surface area contributed by atoms with Crippen molar-refractivity contribution in [3.63, 3.8) is 0 Å². The van der Waals surface area contributed by atoms with Crippen LogP contribution in [-0.2, 0) is 6.42 Å². The summed E-state index contributed by atoms with van der Waals surface area (Å²) in [5.74, 6) is 0.786. The minimum absolute atomic E-state index is 0.596. The first-order valence-electron chi connectivity index (χ1n) is 5.88. The highest BCUT2D eigenvalue weighted by atomic mass is 35.5. The zero-order valence-corrected chi connectivity index (χ0v) is 12.9. The number of hydrogen-bond acceptors (Lipinski definition) is 1. The Kier molecular flexibility index (Phi) is 4.62. The second kappa shape index (κ2) is 6.04. The summed E-state index contributed by atoms with van der Waals surface area (Å²) in [5.41, 5.74) is 2.78. The van der Waals surface area contributed by atoms with Crippen LogP contribution in [0.25, 0.3) is 11.1 Å². The van der Waals surface area contributed by atoms with Gasteiger partial charge in [0, 0.05) is 21.2 Å². The fraction of sp³-hybridized carbons (Fsp3) is 0.200. The fourth-order valence-corrected chi connectivity index (χ4v) is 2.62. The van der Waals surface area contributed by atoms with Crippen molar-refractivity contribution < 1.29 is 4.74 Å². The lowest BCUT2D eigenvalue weighted by molar-refractivity contribution is 0.410. The Hall–Kier alpha value is -0.890. The number of aryl methyl sites for hydroxylation is 1. The van der Waals surface area contributed by atoms with Gasteiger partial charge in [0.1, 0.15) is 5.75 Å². The van der Waals surface area contributed by atoms with Crippen molar-refractivity contribution >= 4 is 34.8 Å². The molecule has 2 aromatic carbocycles. The monoisotopic (exact) mass is 314 g/mol. The number of rotatable bonds is 3. The maximum Gasteiger partial charge on any atom is 0.123 e. The summed E-state index contributed by atoms with van der Waals surface area (Å²) in [6, 6.07) is 9.15. The molecule has 0 radical (unpaired) electrons. The normalized spacial score (nSPS) is 10.6. The summed E-state index contributed by atoms with van der Waals surface area (Å²) in [6.07, 6.45) is 0.853. The summed E-state index contributed by atoms with van der Waals surface area (Å²) in [7, 11) is 1.64. The van der Waals surface area contributed by atoms with Crippen LogP contribution in [0, 0.1) is 0 Å². The Balaban J connectivity index is 2.65. The molecule has 0 bridgehead atoms. The second-order valence-corrected chi connectivity index (χ2v) is 5.37.